The topological polar surface area (TPSA) is 71.4 Å². The molecule has 0 saturated heterocycles. The van der Waals surface area contributed by atoms with Crippen LogP contribution in [-0.2, 0) is 21.1 Å². The van der Waals surface area contributed by atoms with Crippen LogP contribution in [0.3, 0.4) is 0 Å². The number of carbonyl (C=O) groups is 1. The van der Waals surface area contributed by atoms with Gasteiger partial charge in [-0.2, -0.15) is 0 Å². The Labute approximate surface area is 159 Å². The molecule has 0 aliphatic carbocycles. The van der Waals surface area contributed by atoms with Crippen LogP contribution < -0.4 is 0 Å². The number of carboxylic acids is 1. The summed E-state index contributed by atoms with van der Waals surface area (Å²) in [5.74, 6) is -1.29. The van der Waals surface area contributed by atoms with Crippen LogP contribution in [0.2, 0.25) is 5.02 Å². The van der Waals surface area contributed by atoms with E-state index < -0.39 is 21.1 Å². The number of unbranched alkanes of at least 4 members (excludes halogenated alkanes) is 2. The van der Waals surface area contributed by atoms with Crippen LogP contribution in [0.25, 0.3) is 0 Å². The number of aryl methyl sites for hydroxylation is 2. The lowest BCUT2D eigenvalue weighted by Crippen LogP contribution is -2.30. The number of carboxylic acid groups (broad SMARTS) is 1. The second-order valence-corrected chi connectivity index (χ2v) is 8.98. The number of sulfone groups is 1. The third kappa shape index (κ3) is 5.58. The van der Waals surface area contributed by atoms with Crippen molar-refractivity contribution in [3.63, 3.8) is 0 Å². The van der Waals surface area contributed by atoms with Crippen LogP contribution in [0, 0.1) is 6.92 Å². The first kappa shape index (κ1) is 20.5. The second-order valence-electron chi connectivity index (χ2n) is 6.41. The molecule has 6 heteroatoms. The molecule has 0 radical (unpaired) electrons. The van der Waals surface area contributed by atoms with E-state index in [9.17, 15) is 18.3 Å². The van der Waals surface area contributed by atoms with Crippen LogP contribution in [0.15, 0.2) is 53.4 Å². The van der Waals surface area contributed by atoms with E-state index in [0.29, 0.717) is 11.4 Å². The highest BCUT2D eigenvalue weighted by Gasteiger charge is 2.33. The second kappa shape index (κ2) is 9.19. The Morgan fingerprint density at radius 3 is 2.38 bits per heavy atom. The molecule has 0 heterocycles. The highest BCUT2D eigenvalue weighted by Crippen LogP contribution is 2.22. The van der Waals surface area contributed by atoms with Crippen molar-refractivity contribution >= 4 is 27.4 Å². The van der Waals surface area contributed by atoms with Crippen molar-refractivity contribution in [2.75, 3.05) is 0 Å². The van der Waals surface area contributed by atoms with Gasteiger partial charge in [0.15, 0.2) is 15.1 Å². The summed E-state index contributed by atoms with van der Waals surface area (Å²) >= 11 is 5.95. The van der Waals surface area contributed by atoms with E-state index in [0.717, 1.165) is 30.4 Å². The van der Waals surface area contributed by atoms with Crippen molar-refractivity contribution in [2.24, 2.45) is 0 Å². The van der Waals surface area contributed by atoms with Crippen molar-refractivity contribution < 1.29 is 18.3 Å². The molecule has 0 aromatic heterocycles. The minimum atomic E-state index is -3.88. The number of hydrogen-bond acceptors (Lipinski definition) is 3. The van der Waals surface area contributed by atoms with Gasteiger partial charge in [0.1, 0.15) is 0 Å². The van der Waals surface area contributed by atoms with Gasteiger partial charge in [-0.15, -0.1) is 0 Å². The van der Waals surface area contributed by atoms with E-state index in [1.165, 1.54) is 12.1 Å². The van der Waals surface area contributed by atoms with Crippen LogP contribution in [-0.4, -0.2) is 24.7 Å². The van der Waals surface area contributed by atoms with Gasteiger partial charge in [0, 0.05) is 5.02 Å². The summed E-state index contributed by atoms with van der Waals surface area (Å²) in [7, 11) is -3.88. The van der Waals surface area contributed by atoms with Crippen LogP contribution >= 0.6 is 11.6 Å². The van der Waals surface area contributed by atoms with E-state index in [2.05, 4.69) is 0 Å². The SMILES string of the molecule is Cc1ccc(S(=O)(=O)C(CCCCCc2cccc(Cl)c2)C(=O)O)cc1. The molecule has 1 unspecified atom stereocenters. The molecule has 1 atom stereocenters. The number of rotatable bonds is 9. The van der Waals surface area contributed by atoms with E-state index in [1.54, 1.807) is 12.1 Å². The van der Waals surface area contributed by atoms with Crippen LogP contribution in [0.1, 0.15) is 36.8 Å². The zero-order valence-electron chi connectivity index (χ0n) is 14.7. The van der Waals surface area contributed by atoms with Gasteiger partial charge in [0.25, 0.3) is 0 Å². The lowest BCUT2D eigenvalue weighted by molar-refractivity contribution is -0.136. The Hall–Kier alpha value is -1.85. The van der Waals surface area contributed by atoms with Crippen LogP contribution in [0.4, 0.5) is 0 Å². The fourth-order valence-electron chi connectivity index (χ4n) is 2.83. The first-order valence-corrected chi connectivity index (χ1v) is 10.5. The highest BCUT2D eigenvalue weighted by molar-refractivity contribution is 7.92. The molecule has 4 nitrogen and oxygen atoms in total. The number of halogens is 1. The lowest BCUT2D eigenvalue weighted by Gasteiger charge is -2.14. The summed E-state index contributed by atoms with van der Waals surface area (Å²) in [5.41, 5.74) is 2.05. The van der Waals surface area contributed by atoms with E-state index in [4.69, 9.17) is 11.6 Å². The summed E-state index contributed by atoms with van der Waals surface area (Å²) in [6, 6.07) is 13.9. The molecule has 0 amide bonds. The number of benzene rings is 2. The molecule has 0 fully saturated rings. The van der Waals surface area contributed by atoms with Crippen molar-refractivity contribution in [3.8, 4) is 0 Å². The van der Waals surface area contributed by atoms with Crippen LogP contribution in [0.5, 0.6) is 0 Å². The van der Waals surface area contributed by atoms with E-state index >= 15 is 0 Å². The third-order valence-corrected chi connectivity index (χ3v) is 6.67. The fraction of sp³-hybridized carbons (Fsp3) is 0.350. The molecular formula is C20H23ClO4S. The van der Waals surface area contributed by atoms with E-state index in [-0.39, 0.29) is 11.3 Å². The largest absolute Gasteiger partial charge is 0.480 e. The van der Waals surface area contributed by atoms with Gasteiger partial charge < -0.3 is 5.11 Å². The third-order valence-electron chi connectivity index (χ3n) is 4.32. The average Bonchev–Trinajstić information content (AvgIpc) is 2.58. The first-order chi connectivity index (χ1) is 12.3. The minimum absolute atomic E-state index is 0.0643. The normalized spacial score (nSPS) is 12.7. The summed E-state index contributed by atoms with van der Waals surface area (Å²) in [6.07, 6.45) is 3.11. The molecule has 2 rings (SSSR count). The van der Waals surface area contributed by atoms with Gasteiger partial charge in [-0.25, -0.2) is 8.42 Å². The van der Waals surface area contributed by atoms with Crippen molar-refractivity contribution in [2.45, 2.75) is 49.2 Å². The minimum Gasteiger partial charge on any atom is -0.480 e. The molecule has 26 heavy (non-hydrogen) atoms. The van der Waals surface area contributed by atoms with Gasteiger partial charge in [-0.3, -0.25) is 4.79 Å². The van der Waals surface area contributed by atoms with Gasteiger partial charge in [-0.05, 0) is 56.0 Å². The molecule has 0 spiro atoms. The van der Waals surface area contributed by atoms with Gasteiger partial charge in [0.05, 0.1) is 4.90 Å². The molecule has 2 aromatic carbocycles. The van der Waals surface area contributed by atoms with Gasteiger partial charge >= 0.3 is 5.97 Å². The highest BCUT2D eigenvalue weighted by atomic mass is 35.5. The van der Waals surface area contributed by atoms with Crippen molar-refractivity contribution in [1.29, 1.82) is 0 Å². The maximum absolute atomic E-state index is 12.6. The smallest absolute Gasteiger partial charge is 0.322 e. The monoisotopic (exact) mass is 394 g/mol. The molecule has 0 aliphatic heterocycles. The molecule has 0 aliphatic rings. The summed E-state index contributed by atoms with van der Waals surface area (Å²) in [4.78, 5) is 11.6. The number of aliphatic carboxylic acids is 1. The van der Waals surface area contributed by atoms with E-state index in [1.807, 2.05) is 31.2 Å². The Morgan fingerprint density at radius 1 is 1.08 bits per heavy atom. The Kier molecular flexibility index (Phi) is 7.23. The summed E-state index contributed by atoms with van der Waals surface area (Å²) in [5, 5.41) is 8.68. The van der Waals surface area contributed by atoms with Crippen molar-refractivity contribution in [1.82, 2.24) is 0 Å². The Morgan fingerprint density at radius 2 is 1.77 bits per heavy atom. The first-order valence-electron chi connectivity index (χ1n) is 8.58. The zero-order chi connectivity index (χ0) is 19.2. The Bertz CT molecular complexity index is 844. The molecule has 0 saturated carbocycles. The lowest BCUT2D eigenvalue weighted by atomic mass is 10.1. The predicted octanol–water partition coefficient (Wildman–Crippen LogP) is 4.68. The van der Waals surface area contributed by atoms with Gasteiger partial charge in [-0.1, -0.05) is 54.3 Å². The van der Waals surface area contributed by atoms with Crippen molar-refractivity contribution in [3.05, 3.63) is 64.7 Å². The molecule has 0 bridgehead atoms. The molecule has 2 aromatic rings. The molecule has 1 N–H and O–H groups in total. The maximum atomic E-state index is 12.6. The zero-order valence-corrected chi connectivity index (χ0v) is 16.3. The number of hydrogen-bond donors (Lipinski definition) is 1. The summed E-state index contributed by atoms with van der Waals surface area (Å²) < 4.78 is 25.2. The Balaban J connectivity index is 1.92. The average molecular weight is 395 g/mol. The fourth-order valence-corrected chi connectivity index (χ4v) is 4.63. The molecule has 140 valence electrons. The molecular weight excluding hydrogens is 372 g/mol. The standard InChI is InChI=1S/C20H23ClO4S/c1-15-10-12-18(13-11-15)26(24,25)19(20(22)23)9-4-2-3-6-16-7-5-8-17(21)14-16/h5,7-8,10-14,19H,2-4,6,9H2,1H3,(H,22,23). The quantitative estimate of drug-likeness (QED) is 0.627. The maximum Gasteiger partial charge on any atom is 0.322 e. The predicted molar refractivity (Wildman–Crippen MR) is 103 cm³/mol. The summed E-state index contributed by atoms with van der Waals surface area (Å²) in [6.45, 7) is 1.85. The van der Waals surface area contributed by atoms with Gasteiger partial charge in [0.2, 0.25) is 0 Å².